The highest BCUT2D eigenvalue weighted by Gasteiger charge is 1.98. The summed E-state index contributed by atoms with van der Waals surface area (Å²) in [6.07, 6.45) is 1.69. The summed E-state index contributed by atoms with van der Waals surface area (Å²) in [7, 11) is 1.80. The predicted octanol–water partition coefficient (Wildman–Crippen LogP) is -0.0350. The van der Waals surface area contributed by atoms with Gasteiger partial charge in [0.15, 0.2) is 0 Å². The largest absolute Gasteiger partial charge is 0.287 e. The lowest BCUT2D eigenvalue weighted by atomic mass is 10.3. The first-order chi connectivity index (χ1) is 4.74. The van der Waals surface area contributed by atoms with Crippen molar-refractivity contribution >= 4 is 5.82 Å². The lowest BCUT2D eigenvalue weighted by molar-refractivity contribution is -0.657. The van der Waals surface area contributed by atoms with Crippen molar-refractivity contribution in [2.45, 2.75) is 0 Å². The van der Waals surface area contributed by atoms with Gasteiger partial charge < -0.3 is 0 Å². The Balaban J connectivity index is 3.20. The fraction of sp³-hybridized carbons (Fsp3) is 0.143. The van der Waals surface area contributed by atoms with Gasteiger partial charge in [-0.2, -0.15) is 5.26 Å². The molecule has 0 radical (unpaired) electrons. The molecular formula is C7H8N3+. The molecule has 1 aromatic rings. The van der Waals surface area contributed by atoms with Crippen LogP contribution in [0.15, 0.2) is 18.3 Å². The van der Waals surface area contributed by atoms with E-state index in [1.54, 1.807) is 29.9 Å². The molecule has 3 heteroatoms. The molecule has 0 bridgehead atoms. The van der Waals surface area contributed by atoms with Gasteiger partial charge in [-0.3, -0.25) is 5.73 Å². The van der Waals surface area contributed by atoms with E-state index in [0.29, 0.717) is 11.4 Å². The predicted molar refractivity (Wildman–Crippen MR) is 36.7 cm³/mol. The number of hydrogen-bond acceptors (Lipinski definition) is 2. The molecule has 1 rings (SSSR count). The first-order valence-electron chi connectivity index (χ1n) is 2.89. The molecule has 0 saturated heterocycles. The van der Waals surface area contributed by atoms with Gasteiger partial charge in [0.25, 0.3) is 5.82 Å². The Labute approximate surface area is 59.3 Å². The molecule has 3 nitrogen and oxygen atoms in total. The summed E-state index contributed by atoms with van der Waals surface area (Å²) >= 11 is 0. The van der Waals surface area contributed by atoms with Crippen LogP contribution in [0.1, 0.15) is 5.56 Å². The maximum Gasteiger partial charge on any atom is 0.272 e. The number of rotatable bonds is 0. The summed E-state index contributed by atoms with van der Waals surface area (Å²) in [5, 5.41) is 8.45. The Hall–Kier alpha value is -1.56. The van der Waals surface area contributed by atoms with Crippen molar-refractivity contribution in [2.75, 3.05) is 5.73 Å². The summed E-state index contributed by atoms with van der Waals surface area (Å²) in [5.74, 6) is 0.652. The van der Waals surface area contributed by atoms with E-state index < -0.39 is 0 Å². The fourth-order valence-corrected chi connectivity index (χ4v) is 0.685. The molecule has 0 amide bonds. The first kappa shape index (κ1) is 6.56. The highest BCUT2D eigenvalue weighted by molar-refractivity contribution is 5.29. The van der Waals surface area contributed by atoms with Crippen LogP contribution < -0.4 is 10.3 Å². The SMILES string of the molecule is C[n+]1cc(C#N)ccc1N. The lowest BCUT2D eigenvalue weighted by Gasteiger charge is -1.93. The summed E-state index contributed by atoms with van der Waals surface area (Å²) in [5.41, 5.74) is 6.12. The molecule has 0 fully saturated rings. The van der Waals surface area contributed by atoms with E-state index in [2.05, 4.69) is 0 Å². The Bertz CT molecular complexity index is 285. The van der Waals surface area contributed by atoms with Crippen molar-refractivity contribution in [3.8, 4) is 6.07 Å². The average Bonchev–Trinajstić information content (AvgIpc) is 1.95. The van der Waals surface area contributed by atoms with Crippen LogP contribution in [-0.4, -0.2) is 0 Å². The molecule has 0 aliphatic carbocycles. The van der Waals surface area contributed by atoms with Gasteiger partial charge in [-0.25, -0.2) is 4.57 Å². The standard InChI is InChI=1S/C7H7N3/c1-10-5-6(4-8)2-3-7(10)9/h2-3,5,9H,1H3/p+1. The van der Waals surface area contributed by atoms with Crippen molar-refractivity contribution < 1.29 is 4.57 Å². The normalized spacial score (nSPS) is 8.80. The summed E-state index contributed by atoms with van der Waals surface area (Å²) in [4.78, 5) is 0. The zero-order valence-electron chi connectivity index (χ0n) is 5.70. The van der Waals surface area contributed by atoms with Crippen LogP contribution in [0.25, 0.3) is 0 Å². The van der Waals surface area contributed by atoms with E-state index in [9.17, 15) is 0 Å². The Morgan fingerprint density at radius 1 is 1.60 bits per heavy atom. The van der Waals surface area contributed by atoms with Crippen molar-refractivity contribution in [3.05, 3.63) is 23.9 Å². The number of aryl methyl sites for hydroxylation is 1. The fourth-order valence-electron chi connectivity index (χ4n) is 0.685. The van der Waals surface area contributed by atoms with E-state index >= 15 is 0 Å². The minimum Gasteiger partial charge on any atom is -0.287 e. The Morgan fingerprint density at radius 3 is 2.80 bits per heavy atom. The number of nitriles is 1. The van der Waals surface area contributed by atoms with E-state index in [1.807, 2.05) is 6.07 Å². The van der Waals surface area contributed by atoms with Crippen LogP contribution in [0, 0.1) is 11.3 Å². The van der Waals surface area contributed by atoms with Gasteiger partial charge in [0.2, 0.25) is 0 Å². The van der Waals surface area contributed by atoms with Crippen LogP contribution in [0.3, 0.4) is 0 Å². The van der Waals surface area contributed by atoms with Gasteiger partial charge in [0.05, 0.1) is 12.6 Å². The molecule has 0 aromatic carbocycles. The number of nitrogens with zero attached hydrogens (tertiary/aromatic N) is 2. The molecule has 0 aliphatic rings. The van der Waals surface area contributed by atoms with Gasteiger partial charge in [0.1, 0.15) is 12.3 Å². The number of anilines is 1. The molecule has 0 saturated carbocycles. The lowest BCUT2D eigenvalue weighted by Crippen LogP contribution is -2.31. The molecule has 2 N–H and O–H groups in total. The van der Waals surface area contributed by atoms with Crippen LogP contribution in [-0.2, 0) is 7.05 Å². The van der Waals surface area contributed by atoms with E-state index in [0.717, 1.165) is 0 Å². The minimum atomic E-state index is 0.622. The number of nitrogen functional groups attached to an aromatic ring is 1. The third-order valence-corrected chi connectivity index (χ3v) is 1.30. The highest BCUT2D eigenvalue weighted by Crippen LogP contribution is 1.95. The topological polar surface area (TPSA) is 53.7 Å². The summed E-state index contributed by atoms with van der Waals surface area (Å²) in [6, 6.07) is 5.42. The second kappa shape index (κ2) is 2.36. The third-order valence-electron chi connectivity index (χ3n) is 1.30. The Kier molecular flexibility index (Phi) is 1.55. The molecule has 0 aliphatic heterocycles. The Morgan fingerprint density at radius 2 is 2.30 bits per heavy atom. The molecule has 1 heterocycles. The van der Waals surface area contributed by atoms with Crippen molar-refractivity contribution in [1.82, 2.24) is 0 Å². The molecule has 0 unspecified atom stereocenters. The number of aromatic nitrogens is 1. The number of hydrogen-bond donors (Lipinski definition) is 1. The van der Waals surface area contributed by atoms with Crippen LogP contribution in [0.5, 0.6) is 0 Å². The quantitative estimate of drug-likeness (QED) is 0.506. The number of pyridine rings is 1. The van der Waals surface area contributed by atoms with Crippen molar-refractivity contribution in [1.29, 1.82) is 5.26 Å². The van der Waals surface area contributed by atoms with Gasteiger partial charge in [0, 0.05) is 6.07 Å². The highest BCUT2D eigenvalue weighted by atomic mass is 15.0. The van der Waals surface area contributed by atoms with Crippen LogP contribution >= 0.6 is 0 Å². The maximum atomic E-state index is 8.45. The third kappa shape index (κ3) is 1.06. The minimum absolute atomic E-state index is 0.622. The van der Waals surface area contributed by atoms with Crippen LogP contribution in [0.2, 0.25) is 0 Å². The number of nitrogens with two attached hydrogens (primary N) is 1. The first-order valence-corrected chi connectivity index (χ1v) is 2.89. The van der Waals surface area contributed by atoms with Crippen molar-refractivity contribution in [2.24, 2.45) is 7.05 Å². The maximum absolute atomic E-state index is 8.45. The molecular weight excluding hydrogens is 126 g/mol. The molecule has 10 heavy (non-hydrogen) atoms. The summed E-state index contributed by atoms with van der Waals surface area (Å²) in [6.45, 7) is 0. The average molecular weight is 134 g/mol. The van der Waals surface area contributed by atoms with Gasteiger partial charge in [-0.05, 0) is 6.07 Å². The molecule has 0 atom stereocenters. The smallest absolute Gasteiger partial charge is 0.272 e. The second-order valence-electron chi connectivity index (χ2n) is 2.07. The van der Waals surface area contributed by atoms with Crippen LogP contribution in [0.4, 0.5) is 5.82 Å². The van der Waals surface area contributed by atoms with E-state index in [-0.39, 0.29) is 0 Å². The van der Waals surface area contributed by atoms with E-state index in [1.165, 1.54) is 0 Å². The molecule has 0 spiro atoms. The van der Waals surface area contributed by atoms with Crippen molar-refractivity contribution in [3.63, 3.8) is 0 Å². The van der Waals surface area contributed by atoms with Gasteiger partial charge in [-0.1, -0.05) is 0 Å². The zero-order valence-corrected chi connectivity index (χ0v) is 5.70. The second-order valence-corrected chi connectivity index (χ2v) is 2.07. The van der Waals surface area contributed by atoms with Gasteiger partial charge in [-0.15, -0.1) is 0 Å². The van der Waals surface area contributed by atoms with Gasteiger partial charge >= 0.3 is 0 Å². The molecule has 1 aromatic heterocycles. The summed E-state index contributed by atoms with van der Waals surface area (Å²) < 4.78 is 1.71. The van der Waals surface area contributed by atoms with E-state index in [4.69, 9.17) is 11.0 Å². The molecule has 50 valence electrons. The monoisotopic (exact) mass is 134 g/mol. The zero-order chi connectivity index (χ0) is 7.56.